The molecule has 1 heterocycles. The highest BCUT2D eigenvalue weighted by Gasteiger charge is 2.36. The molecule has 5 nitrogen and oxygen atoms in total. The second-order valence-electron chi connectivity index (χ2n) is 3.70. The van der Waals surface area contributed by atoms with E-state index in [1.165, 1.54) is 0 Å². The summed E-state index contributed by atoms with van der Waals surface area (Å²) in [7, 11) is -2.53. The Morgan fingerprint density at radius 1 is 1.31 bits per heavy atom. The maximum atomic E-state index is 5.71. The van der Waals surface area contributed by atoms with Crippen LogP contribution < -0.4 is 0 Å². The molecule has 6 heteroatoms. The predicted molar refractivity (Wildman–Crippen MR) is 61.1 cm³/mol. The molecule has 0 N–H and O–H groups in total. The van der Waals surface area contributed by atoms with Crippen LogP contribution in [0, 0.1) is 0 Å². The molecule has 0 radical (unpaired) electrons. The fourth-order valence-electron chi connectivity index (χ4n) is 1.38. The molecule has 0 aliphatic carbocycles. The number of ether oxygens (including phenoxy) is 2. The molecule has 2 atom stereocenters. The van der Waals surface area contributed by atoms with Crippen LogP contribution in [0.4, 0.5) is 0 Å². The second kappa shape index (κ2) is 6.68. The molecule has 1 aliphatic heterocycles. The van der Waals surface area contributed by atoms with Crippen LogP contribution in [-0.2, 0) is 22.8 Å². The molecule has 0 spiro atoms. The smallest absolute Gasteiger partial charge is 0.374 e. The van der Waals surface area contributed by atoms with E-state index in [1.807, 2.05) is 27.3 Å². The van der Waals surface area contributed by atoms with Crippen LogP contribution in [-0.4, -0.2) is 47.6 Å². The van der Waals surface area contributed by atoms with Gasteiger partial charge < -0.3 is 22.8 Å². The van der Waals surface area contributed by atoms with Gasteiger partial charge in [-0.15, -0.1) is 0 Å². The van der Waals surface area contributed by atoms with Gasteiger partial charge in [0.2, 0.25) is 0 Å². The lowest BCUT2D eigenvalue weighted by Gasteiger charge is -2.28. The third kappa shape index (κ3) is 5.38. The Balaban J connectivity index is 2.26. The quantitative estimate of drug-likeness (QED) is 0.352. The maximum absolute atomic E-state index is 5.71. The standard InChI is InChI=1S/C10H22O5Si/c1-5-13-16(4,14-6-2)15-9(3)11-7-10-8-12-10/h9-10H,5-8H2,1-4H3. The van der Waals surface area contributed by atoms with Crippen LogP contribution in [0.2, 0.25) is 6.55 Å². The van der Waals surface area contributed by atoms with Gasteiger partial charge in [0, 0.05) is 19.8 Å². The first-order valence-corrected chi connectivity index (χ1v) is 8.01. The van der Waals surface area contributed by atoms with Gasteiger partial charge in [0.15, 0.2) is 0 Å². The third-order valence-electron chi connectivity index (χ3n) is 2.11. The average Bonchev–Trinajstić information content (AvgIpc) is 2.98. The van der Waals surface area contributed by atoms with Crippen LogP contribution in [0.3, 0.4) is 0 Å². The lowest BCUT2D eigenvalue weighted by atomic mass is 10.5. The highest BCUT2D eigenvalue weighted by Crippen LogP contribution is 2.15. The molecule has 2 unspecified atom stereocenters. The van der Waals surface area contributed by atoms with Gasteiger partial charge in [-0.1, -0.05) is 0 Å². The zero-order valence-electron chi connectivity index (χ0n) is 10.5. The van der Waals surface area contributed by atoms with E-state index in [2.05, 4.69) is 0 Å². The minimum Gasteiger partial charge on any atom is -0.374 e. The second-order valence-corrected chi connectivity index (χ2v) is 6.24. The Morgan fingerprint density at radius 2 is 1.88 bits per heavy atom. The Morgan fingerprint density at radius 3 is 2.31 bits per heavy atom. The fourth-order valence-corrected chi connectivity index (χ4v) is 3.32. The molecule has 0 amide bonds. The highest BCUT2D eigenvalue weighted by atomic mass is 28.4. The van der Waals surface area contributed by atoms with Crippen molar-refractivity contribution in [3.8, 4) is 0 Å². The predicted octanol–water partition coefficient (Wildman–Crippen LogP) is 1.41. The van der Waals surface area contributed by atoms with Crippen molar-refractivity contribution in [2.24, 2.45) is 0 Å². The van der Waals surface area contributed by atoms with Gasteiger partial charge >= 0.3 is 8.80 Å². The van der Waals surface area contributed by atoms with Crippen molar-refractivity contribution in [1.82, 2.24) is 0 Å². The van der Waals surface area contributed by atoms with E-state index in [1.54, 1.807) is 0 Å². The van der Waals surface area contributed by atoms with Crippen LogP contribution in [0.5, 0.6) is 0 Å². The Bertz CT molecular complexity index is 192. The zero-order valence-corrected chi connectivity index (χ0v) is 11.5. The first-order chi connectivity index (χ1) is 7.59. The molecule has 1 saturated heterocycles. The van der Waals surface area contributed by atoms with Crippen molar-refractivity contribution >= 4 is 8.80 Å². The molecule has 0 saturated carbocycles. The van der Waals surface area contributed by atoms with E-state index < -0.39 is 8.80 Å². The van der Waals surface area contributed by atoms with Crippen LogP contribution in [0.1, 0.15) is 20.8 Å². The molecule has 1 fully saturated rings. The summed E-state index contributed by atoms with van der Waals surface area (Å²) in [5, 5.41) is 0. The fraction of sp³-hybridized carbons (Fsp3) is 1.00. The summed E-state index contributed by atoms with van der Waals surface area (Å²) in [5.41, 5.74) is 0. The van der Waals surface area contributed by atoms with Crippen molar-refractivity contribution < 1.29 is 22.8 Å². The van der Waals surface area contributed by atoms with Gasteiger partial charge in [-0.3, -0.25) is 0 Å². The Hall–Kier alpha value is 0.0169. The van der Waals surface area contributed by atoms with Gasteiger partial charge in [0.05, 0.1) is 13.2 Å². The molecule has 0 aromatic carbocycles. The van der Waals surface area contributed by atoms with Gasteiger partial charge in [0.25, 0.3) is 0 Å². The molecule has 0 aromatic rings. The largest absolute Gasteiger partial charge is 0.499 e. The first kappa shape index (κ1) is 14.1. The summed E-state index contributed by atoms with van der Waals surface area (Å²) in [4.78, 5) is 0. The van der Waals surface area contributed by atoms with E-state index >= 15 is 0 Å². The molecular weight excluding hydrogens is 228 g/mol. The molecule has 16 heavy (non-hydrogen) atoms. The minimum absolute atomic E-state index is 0.248. The van der Waals surface area contributed by atoms with E-state index in [9.17, 15) is 0 Å². The molecular formula is C10H22O5Si. The van der Waals surface area contributed by atoms with E-state index in [4.69, 9.17) is 22.8 Å². The summed E-state index contributed by atoms with van der Waals surface area (Å²) < 4.78 is 27.3. The zero-order chi connectivity index (χ0) is 12.0. The molecule has 1 rings (SSSR count). The summed E-state index contributed by atoms with van der Waals surface area (Å²) in [6.45, 7) is 10.1. The van der Waals surface area contributed by atoms with Crippen molar-refractivity contribution in [2.75, 3.05) is 26.4 Å². The molecule has 0 bridgehead atoms. The van der Waals surface area contributed by atoms with Crippen LogP contribution in [0.25, 0.3) is 0 Å². The molecule has 1 aliphatic rings. The third-order valence-corrected chi connectivity index (χ3v) is 4.50. The number of hydrogen-bond acceptors (Lipinski definition) is 5. The van der Waals surface area contributed by atoms with E-state index in [-0.39, 0.29) is 12.4 Å². The highest BCUT2D eigenvalue weighted by molar-refractivity contribution is 6.59. The van der Waals surface area contributed by atoms with Crippen LogP contribution in [0.15, 0.2) is 0 Å². The van der Waals surface area contributed by atoms with Gasteiger partial charge in [-0.05, 0) is 20.8 Å². The van der Waals surface area contributed by atoms with Crippen LogP contribution >= 0.6 is 0 Å². The van der Waals surface area contributed by atoms with Crippen molar-refractivity contribution in [3.05, 3.63) is 0 Å². The Labute approximate surface area is 98.3 Å². The van der Waals surface area contributed by atoms with Gasteiger partial charge in [-0.2, -0.15) is 0 Å². The SMILES string of the molecule is CCO[Si](C)(OCC)OC(C)OCC1CO1. The minimum atomic E-state index is -2.53. The first-order valence-electron chi connectivity index (χ1n) is 5.78. The average molecular weight is 250 g/mol. The van der Waals surface area contributed by atoms with E-state index in [0.29, 0.717) is 19.8 Å². The van der Waals surface area contributed by atoms with Gasteiger partial charge in [0.1, 0.15) is 12.4 Å². The number of rotatable bonds is 9. The van der Waals surface area contributed by atoms with Crippen molar-refractivity contribution in [3.63, 3.8) is 0 Å². The lowest BCUT2D eigenvalue weighted by molar-refractivity contribution is -0.109. The summed E-state index contributed by atoms with van der Waals surface area (Å²) >= 11 is 0. The van der Waals surface area contributed by atoms with Gasteiger partial charge in [-0.25, -0.2) is 0 Å². The summed E-state index contributed by atoms with van der Waals surface area (Å²) in [5.74, 6) is 0. The normalized spacial score (nSPS) is 22.1. The van der Waals surface area contributed by atoms with E-state index in [0.717, 1.165) is 6.61 Å². The lowest BCUT2D eigenvalue weighted by Crippen LogP contribution is -2.45. The number of hydrogen-bond donors (Lipinski definition) is 0. The number of epoxide rings is 1. The van der Waals surface area contributed by atoms with Crippen molar-refractivity contribution in [2.45, 2.75) is 39.7 Å². The topological polar surface area (TPSA) is 49.5 Å². The summed E-state index contributed by atoms with van der Waals surface area (Å²) in [6.07, 6.45) is -0.0721. The summed E-state index contributed by atoms with van der Waals surface area (Å²) in [6, 6.07) is 0. The Kier molecular flexibility index (Phi) is 5.88. The maximum Gasteiger partial charge on any atom is 0.499 e. The molecule has 0 aromatic heterocycles. The monoisotopic (exact) mass is 250 g/mol. The van der Waals surface area contributed by atoms with Crippen molar-refractivity contribution in [1.29, 1.82) is 0 Å². The molecule has 96 valence electrons.